The summed E-state index contributed by atoms with van der Waals surface area (Å²) in [5, 5.41) is 0. The third kappa shape index (κ3) is 11.3. The number of halogens is 2. The van der Waals surface area contributed by atoms with Crippen LogP contribution in [0, 0.1) is 5.92 Å². The minimum atomic E-state index is 0.635. The maximum atomic E-state index is 5.89. The fraction of sp³-hybridized carbons (Fsp3) is 0.739. The Morgan fingerprint density at radius 3 is 1.73 bits per heavy atom. The minimum Gasteiger partial charge on any atom is -0.369 e. The molecular formula is C23H39Cl2N. The zero-order valence-corrected chi connectivity index (χ0v) is 18.5. The van der Waals surface area contributed by atoms with Gasteiger partial charge in [-0.15, -0.1) is 23.2 Å². The second-order valence-corrected chi connectivity index (χ2v) is 8.55. The van der Waals surface area contributed by atoms with Crippen LogP contribution in [0.25, 0.3) is 0 Å². The molecule has 1 aromatic carbocycles. The molecule has 0 saturated carbocycles. The lowest BCUT2D eigenvalue weighted by Gasteiger charge is -2.23. The molecule has 0 aliphatic heterocycles. The van der Waals surface area contributed by atoms with E-state index in [2.05, 4.69) is 43.0 Å². The topological polar surface area (TPSA) is 3.24 Å². The Morgan fingerprint density at radius 1 is 0.731 bits per heavy atom. The van der Waals surface area contributed by atoms with E-state index in [1.54, 1.807) is 0 Å². The van der Waals surface area contributed by atoms with Gasteiger partial charge in [-0.2, -0.15) is 0 Å². The van der Waals surface area contributed by atoms with Gasteiger partial charge in [0, 0.05) is 30.5 Å². The van der Waals surface area contributed by atoms with Crippen LogP contribution in [-0.2, 0) is 6.42 Å². The standard InChI is InChI=1S/C23H39Cl2N/c1-21(2)11-9-7-5-3-4-6-8-10-12-22-13-15-23(16-14-22)26(19-17-24)20-18-25/h13-16,21H,3-12,17-20H2,1-2H3. The zero-order valence-electron chi connectivity index (χ0n) is 17.0. The van der Waals surface area contributed by atoms with E-state index in [1.807, 2.05) is 0 Å². The molecule has 0 radical (unpaired) electrons. The molecule has 3 heteroatoms. The lowest BCUT2D eigenvalue weighted by Crippen LogP contribution is -2.27. The molecule has 0 N–H and O–H groups in total. The largest absolute Gasteiger partial charge is 0.369 e. The van der Waals surface area contributed by atoms with E-state index in [9.17, 15) is 0 Å². The molecule has 1 nitrogen and oxygen atoms in total. The molecule has 0 fully saturated rings. The number of unbranched alkanes of at least 4 members (excludes halogenated alkanes) is 7. The van der Waals surface area contributed by atoms with Crippen molar-refractivity contribution in [3.8, 4) is 0 Å². The summed E-state index contributed by atoms with van der Waals surface area (Å²) in [6, 6.07) is 8.95. The number of alkyl halides is 2. The number of nitrogens with zero attached hydrogens (tertiary/aromatic N) is 1. The lowest BCUT2D eigenvalue weighted by molar-refractivity contribution is 0.507. The van der Waals surface area contributed by atoms with Gasteiger partial charge in [0.25, 0.3) is 0 Å². The maximum Gasteiger partial charge on any atom is 0.0399 e. The molecule has 0 aliphatic carbocycles. The van der Waals surface area contributed by atoms with Gasteiger partial charge in [0.2, 0.25) is 0 Å². The normalized spacial score (nSPS) is 11.3. The number of anilines is 1. The van der Waals surface area contributed by atoms with E-state index < -0.39 is 0 Å². The van der Waals surface area contributed by atoms with E-state index >= 15 is 0 Å². The molecule has 1 aromatic rings. The molecule has 0 atom stereocenters. The second-order valence-electron chi connectivity index (χ2n) is 7.79. The first kappa shape index (κ1) is 23.6. The van der Waals surface area contributed by atoms with Crippen LogP contribution in [0.3, 0.4) is 0 Å². The Balaban J connectivity index is 2.10. The summed E-state index contributed by atoms with van der Waals surface area (Å²) in [5.41, 5.74) is 2.67. The van der Waals surface area contributed by atoms with Crippen LogP contribution in [0.15, 0.2) is 24.3 Å². The predicted molar refractivity (Wildman–Crippen MR) is 120 cm³/mol. The van der Waals surface area contributed by atoms with Gasteiger partial charge < -0.3 is 4.90 Å². The third-order valence-corrected chi connectivity index (χ3v) is 5.35. The van der Waals surface area contributed by atoms with Crippen LogP contribution in [-0.4, -0.2) is 24.8 Å². The monoisotopic (exact) mass is 399 g/mol. The fourth-order valence-electron chi connectivity index (χ4n) is 3.39. The smallest absolute Gasteiger partial charge is 0.0399 e. The molecule has 0 saturated heterocycles. The SMILES string of the molecule is CC(C)CCCCCCCCCCc1ccc(N(CCCl)CCCl)cc1. The summed E-state index contributed by atoms with van der Waals surface area (Å²) in [6.45, 7) is 6.35. The van der Waals surface area contributed by atoms with Crippen LogP contribution in [0.2, 0.25) is 0 Å². The van der Waals surface area contributed by atoms with Gasteiger partial charge in [0.15, 0.2) is 0 Å². The van der Waals surface area contributed by atoms with E-state index in [4.69, 9.17) is 23.2 Å². The lowest BCUT2D eigenvalue weighted by atomic mass is 10.0. The minimum absolute atomic E-state index is 0.635. The van der Waals surface area contributed by atoms with Crippen molar-refractivity contribution < 1.29 is 0 Å². The van der Waals surface area contributed by atoms with Crippen LogP contribution < -0.4 is 4.90 Å². The number of hydrogen-bond acceptors (Lipinski definition) is 1. The number of rotatable bonds is 16. The summed E-state index contributed by atoms with van der Waals surface area (Å²) in [4.78, 5) is 2.25. The van der Waals surface area contributed by atoms with E-state index in [-0.39, 0.29) is 0 Å². The average molecular weight is 400 g/mol. The second kappa shape index (κ2) is 15.6. The predicted octanol–water partition coefficient (Wildman–Crippen LogP) is 7.68. The first-order valence-electron chi connectivity index (χ1n) is 10.6. The number of benzene rings is 1. The Labute approximate surface area is 172 Å². The van der Waals surface area contributed by atoms with Crippen molar-refractivity contribution in [2.75, 3.05) is 29.7 Å². The molecule has 0 aromatic heterocycles. The molecule has 0 bridgehead atoms. The molecule has 26 heavy (non-hydrogen) atoms. The van der Waals surface area contributed by atoms with Crippen LogP contribution in [0.4, 0.5) is 5.69 Å². The zero-order chi connectivity index (χ0) is 19.0. The highest BCUT2D eigenvalue weighted by Crippen LogP contribution is 2.18. The molecule has 1 rings (SSSR count). The molecule has 0 aliphatic rings. The Hall–Kier alpha value is -0.400. The maximum absolute atomic E-state index is 5.89. The molecule has 0 unspecified atom stereocenters. The van der Waals surface area contributed by atoms with Crippen LogP contribution >= 0.6 is 23.2 Å². The van der Waals surface area contributed by atoms with Gasteiger partial charge >= 0.3 is 0 Å². The van der Waals surface area contributed by atoms with Gasteiger partial charge in [0.05, 0.1) is 0 Å². The van der Waals surface area contributed by atoms with Gasteiger partial charge in [-0.3, -0.25) is 0 Å². The van der Waals surface area contributed by atoms with Crippen molar-refractivity contribution in [1.29, 1.82) is 0 Å². The van der Waals surface area contributed by atoms with Crippen molar-refractivity contribution in [2.24, 2.45) is 5.92 Å². The fourth-order valence-corrected chi connectivity index (χ4v) is 3.80. The summed E-state index contributed by atoms with van der Waals surface area (Å²) in [7, 11) is 0. The number of aryl methyl sites for hydroxylation is 1. The molecule has 0 spiro atoms. The van der Waals surface area contributed by atoms with Crippen molar-refractivity contribution in [3.05, 3.63) is 29.8 Å². The summed E-state index contributed by atoms with van der Waals surface area (Å²) in [6.07, 6.45) is 13.7. The molecule has 0 amide bonds. The average Bonchev–Trinajstić information content (AvgIpc) is 2.63. The molecule has 150 valence electrons. The molecule has 0 heterocycles. The van der Waals surface area contributed by atoms with Gasteiger partial charge in [-0.25, -0.2) is 0 Å². The van der Waals surface area contributed by atoms with Crippen molar-refractivity contribution >= 4 is 28.9 Å². The van der Waals surface area contributed by atoms with Crippen LogP contribution in [0.5, 0.6) is 0 Å². The quantitative estimate of drug-likeness (QED) is 0.203. The van der Waals surface area contributed by atoms with Gasteiger partial charge in [-0.1, -0.05) is 77.3 Å². The van der Waals surface area contributed by atoms with Crippen molar-refractivity contribution in [2.45, 2.75) is 78.1 Å². The first-order chi connectivity index (χ1) is 12.7. The van der Waals surface area contributed by atoms with Crippen LogP contribution in [0.1, 0.15) is 77.2 Å². The number of hydrogen-bond donors (Lipinski definition) is 0. The Kier molecular flexibility index (Phi) is 14.2. The highest BCUT2D eigenvalue weighted by Gasteiger charge is 2.05. The highest BCUT2D eigenvalue weighted by atomic mass is 35.5. The summed E-state index contributed by atoms with van der Waals surface area (Å²) >= 11 is 11.8. The summed E-state index contributed by atoms with van der Waals surface area (Å²) < 4.78 is 0. The van der Waals surface area contributed by atoms with Crippen molar-refractivity contribution in [1.82, 2.24) is 0 Å². The Bertz CT molecular complexity index is 424. The molecular weight excluding hydrogens is 361 g/mol. The van der Waals surface area contributed by atoms with E-state index in [0.29, 0.717) is 11.8 Å². The third-order valence-electron chi connectivity index (χ3n) is 5.01. The van der Waals surface area contributed by atoms with E-state index in [1.165, 1.54) is 75.5 Å². The summed E-state index contributed by atoms with van der Waals surface area (Å²) in [5.74, 6) is 2.14. The van der Waals surface area contributed by atoms with Gasteiger partial charge in [-0.05, 0) is 36.5 Å². The van der Waals surface area contributed by atoms with E-state index in [0.717, 1.165) is 19.0 Å². The first-order valence-corrected chi connectivity index (χ1v) is 11.7. The van der Waals surface area contributed by atoms with Crippen molar-refractivity contribution in [3.63, 3.8) is 0 Å². The van der Waals surface area contributed by atoms with Gasteiger partial charge in [0.1, 0.15) is 0 Å². The highest BCUT2D eigenvalue weighted by molar-refractivity contribution is 6.18. The Morgan fingerprint density at radius 2 is 1.23 bits per heavy atom.